The van der Waals surface area contributed by atoms with Crippen LogP contribution in [0.3, 0.4) is 0 Å². The first-order chi connectivity index (χ1) is 10.9. The summed E-state index contributed by atoms with van der Waals surface area (Å²) in [5.41, 5.74) is 1.22. The van der Waals surface area contributed by atoms with E-state index < -0.39 is 0 Å². The van der Waals surface area contributed by atoms with Gasteiger partial charge in [-0.15, -0.1) is 0 Å². The first kappa shape index (κ1) is 16.9. The predicted octanol–water partition coefficient (Wildman–Crippen LogP) is 2.25. The number of hydrogen-bond acceptors (Lipinski definition) is 6. The van der Waals surface area contributed by atoms with E-state index >= 15 is 0 Å². The van der Waals surface area contributed by atoms with Crippen LogP contribution in [0.25, 0.3) is 0 Å². The van der Waals surface area contributed by atoms with Gasteiger partial charge in [0.1, 0.15) is 5.75 Å². The van der Waals surface area contributed by atoms with Gasteiger partial charge in [-0.3, -0.25) is 9.78 Å². The maximum absolute atomic E-state index is 12.6. The molecule has 0 aromatic carbocycles. The highest BCUT2D eigenvalue weighted by molar-refractivity contribution is 5.96. The van der Waals surface area contributed by atoms with Crippen molar-refractivity contribution in [2.75, 3.05) is 14.2 Å². The van der Waals surface area contributed by atoms with Gasteiger partial charge in [-0.2, -0.15) is 4.98 Å². The summed E-state index contributed by atoms with van der Waals surface area (Å²) in [7, 11) is 3.20. The van der Waals surface area contributed by atoms with Crippen molar-refractivity contribution in [3.8, 4) is 5.75 Å². The van der Waals surface area contributed by atoms with Gasteiger partial charge in [0, 0.05) is 19.2 Å². The Morgan fingerprint density at radius 2 is 2.17 bits per heavy atom. The van der Waals surface area contributed by atoms with Gasteiger partial charge >= 0.3 is 0 Å². The van der Waals surface area contributed by atoms with Gasteiger partial charge in [0.2, 0.25) is 5.89 Å². The van der Waals surface area contributed by atoms with E-state index in [4.69, 9.17) is 9.26 Å². The summed E-state index contributed by atoms with van der Waals surface area (Å²) in [6.45, 7) is 6.26. The van der Waals surface area contributed by atoms with E-state index in [0.29, 0.717) is 28.9 Å². The quantitative estimate of drug-likeness (QED) is 0.812. The predicted molar refractivity (Wildman–Crippen MR) is 84.2 cm³/mol. The molecule has 2 heterocycles. The molecule has 0 atom stereocenters. The number of aryl methyl sites for hydroxylation is 1. The van der Waals surface area contributed by atoms with E-state index in [-0.39, 0.29) is 12.5 Å². The van der Waals surface area contributed by atoms with Crippen LogP contribution in [0.1, 0.15) is 41.6 Å². The average molecular weight is 318 g/mol. The number of hydrogen-bond donors (Lipinski definition) is 0. The fraction of sp³-hybridized carbons (Fsp3) is 0.500. The standard InChI is InChI=1S/C16H22N4O3/c1-10(2)6-15-18-14(19-23-15)9-20(4)16(21)12-7-11(3)17-8-13(12)22-5/h7-8,10H,6,9H2,1-5H3. The Balaban J connectivity index is 2.11. The molecule has 0 saturated heterocycles. The third kappa shape index (κ3) is 4.28. The Morgan fingerprint density at radius 1 is 1.43 bits per heavy atom. The third-order valence-electron chi connectivity index (χ3n) is 3.27. The van der Waals surface area contributed by atoms with Crippen LogP contribution < -0.4 is 4.74 Å². The fourth-order valence-electron chi connectivity index (χ4n) is 2.15. The number of amides is 1. The molecule has 0 aliphatic rings. The molecule has 23 heavy (non-hydrogen) atoms. The molecule has 2 aromatic heterocycles. The Hall–Kier alpha value is -2.44. The molecule has 2 rings (SSSR count). The topological polar surface area (TPSA) is 81.4 Å². The summed E-state index contributed by atoms with van der Waals surface area (Å²) in [5, 5.41) is 3.92. The molecular formula is C16H22N4O3. The molecule has 0 radical (unpaired) electrons. The summed E-state index contributed by atoms with van der Waals surface area (Å²) in [6, 6.07) is 1.71. The van der Waals surface area contributed by atoms with Crippen LogP contribution in [0.4, 0.5) is 0 Å². The lowest BCUT2D eigenvalue weighted by molar-refractivity contribution is 0.0777. The second-order valence-electron chi connectivity index (χ2n) is 5.89. The zero-order valence-electron chi connectivity index (χ0n) is 14.2. The van der Waals surface area contributed by atoms with Gasteiger partial charge in [-0.25, -0.2) is 0 Å². The minimum absolute atomic E-state index is 0.178. The normalized spacial score (nSPS) is 10.9. The molecule has 0 saturated carbocycles. The van der Waals surface area contributed by atoms with E-state index in [2.05, 4.69) is 29.0 Å². The van der Waals surface area contributed by atoms with Crippen molar-refractivity contribution in [2.45, 2.75) is 33.7 Å². The smallest absolute Gasteiger partial charge is 0.257 e. The van der Waals surface area contributed by atoms with Crippen molar-refractivity contribution >= 4 is 5.91 Å². The van der Waals surface area contributed by atoms with Crippen LogP contribution >= 0.6 is 0 Å². The molecular weight excluding hydrogens is 296 g/mol. The van der Waals surface area contributed by atoms with Gasteiger partial charge < -0.3 is 14.2 Å². The minimum Gasteiger partial charge on any atom is -0.494 e. The summed E-state index contributed by atoms with van der Waals surface area (Å²) in [4.78, 5) is 22.6. The van der Waals surface area contributed by atoms with Gasteiger partial charge in [-0.05, 0) is 18.9 Å². The second-order valence-corrected chi connectivity index (χ2v) is 5.89. The van der Waals surface area contributed by atoms with Gasteiger partial charge in [0.15, 0.2) is 5.82 Å². The Morgan fingerprint density at radius 3 is 2.83 bits per heavy atom. The molecule has 1 amide bonds. The molecule has 0 fully saturated rings. The molecule has 7 heteroatoms. The van der Waals surface area contributed by atoms with Gasteiger partial charge in [-0.1, -0.05) is 19.0 Å². The van der Waals surface area contributed by atoms with E-state index in [1.54, 1.807) is 19.3 Å². The molecule has 0 aliphatic heterocycles. The maximum Gasteiger partial charge on any atom is 0.257 e. The van der Waals surface area contributed by atoms with Crippen LogP contribution in [-0.4, -0.2) is 40.1 Å². The van der Waals surface area contributed by atoms with E-state index in [1.807, 2.05) is 6.92 Å². The third-order valence-corrected chi connectivity index (χ3v) is 3.27. The van der Waals surface area contributed by atoms with Crippen LogP contribution in [-0.2, 0) is 13.0 Å². The lowest BCUT2D eigenvalue weighted by Crippen LogP contribution is -2.27. The molecule has 0 bridgehead atoms. The van der Waals surface area contributed by atoms with Crippen molar-refractivity contribution in [1.82, 2.24) is 20.0 Å². The maximum atomic E-state index is 12.6. The molecule has 2 aromatic rings. The van der Waals surface area contributed by atoms with Crippen molar-refractivity contribution < 1.29 is 14.1 Å². The van der Waals surface area contributed by atoms with Gasteiger partial charge in [0.25, 0.3) is 5.91 Å². The van der Waals surface area contributed by atoms with Crippen molar-refractivity contribution in [3.63, 3.8) is 0 Å². The summed E-state index contributed by atoms with van der Waals surface area (Å²) < 4.78 is 10.4. The number of aromatic nitrogens is 3. The number of nitrogens with zero attached hydrogens (tertiary/aromatic N) is 4. The van der Waals surface area contributed by atoms with Crippen LogP contribution in [0, 0.1) is 12.8 Å². The Kier molecular flexibility index (Phi) is 5.31. The largest absolute Gasteiger partial charge is 0.494 e. The molecule has 0 N–H and O–H groups in total. The first-order valence-electron chi connectivity index (χ1n) is 7.48. The van der Waals surface area contributed by atoms with E-state index in [1.165, 1.54) is 12.0 Å². The Labute approximate surface area is 135 Å². The summed E-state index contributed by atoms with van der Waals surface area (Å²) >= 11 is 0. The zero-order valence-corrected chi connectivity index (χ0v) is 14.2. The first-order valence-corrected chi connectivity index (χ1v) is 7.48. The second kappa shape index (κ2) is 7.21. The number of carbonyl (C=O) groups is 1. The highest BCUT2D eigenvalue weighted by Gasteiger charge is 2.19. The molecule has 7 nitrogen and oxygen atoms in total. The monoisotopic (exact) mass is 318 g/mol. The van der Waals surface area contributed by atoms with Crippen LogP contribution in [0.2, 0.25) is 0 Å². The number of carbonyl (C=O) groups excluding carboxylic acids is 1. The number of rotatable bonds is 6. The van der Waals surface area contributed by atoms with Crippen molar-refractivity contribution in [1.29, 1.82) is 0 Å². The molecule has 0 unspecified atom stereocenters. The zero-order chi connectivity index (χ0) is 17.0. The summed E-state index contributed by atoms with van der Waals surface area (Å²) in [5.74, 6) is 1.78. The van der Waals surface area contributed by atoms with Crippen molar-refractivity contribution in [3.05, 3.63) is 35.2 Å². The molecule has 0 aliphatic carbocycles. The van der Waals surface area contributed by atoms with Gasteiger partial charge in [0.05, 0.1) is 25.4 Å². The van der Waals surface area contributed by atoms with Crippen molar-refractivity contribution in [2.24, 2.45) is 5.92 Å². The van der Waals surface area contributed by atoms with Crippen LogP contribution in [0.15, 0.2) is 16.8 Å². The summed E-state index contributed by atoms with van der Waals surface area (Å²) in [6.07, 6.45) is 2.27. The number of methoxy groups -OCH3 is 1. The highest BCUT2D eigenvalue weighted by Crippen LogP contribution is 2.20. The number of pyridine rings is 1. The molecule has 0 spiro atoms. The number of ether oxygens (including phenoxy) is 1. The minimum atomic E-state index is -0.178. The SMILES string of the molecule is COc1cnc(C)cc1C(=O)N(C)Cc1noc(CC(C)C)n1. The average Bonchev–Trinajstić information content (AvgIpc) is 2.92. The lowest BCUT2D eigenvalue weighted by Gasteiger charge is -2.17. The highest BCUT2D eigenvalue weighted by atomic mass is 16.5. The van der Waals surface area contributed by atoms with Crippen LogP contribution in [0.5, 0.6) is 5.75 Å². The fourth-order valence-corrected chi connectivity index (χ4v) is 2.15. The molecule has 124 valence electrons. The lowest BCUT2D eigenvalue weighted by atomic mass is 10.1. The van der Waals surface area contributed by atoms with E-state index in [0.717, 1.165) is 12.1 Å². The Bertz CT molecular complexity index is 682. The van der Waals surface area contributed by atoms with E-state index in [9.17, 15) is 4.79 Å².